The zero-order valence-electron chi connectivity index (χ0n) is 9.94. The zero-order chi connectivity index (χ0) is 14.0. The molecule has 0 spiro atoms. The molecule has 102 valence electrons. The van der Waals surface area contributed by atoms with E-state index in [9.17, 15) is 24.3 Å². The van der Waals surface area contributed by atoms with Crippen LogP contribution in [0.4, 0.5) is 0 Å². The fourth-order valence-electron chi connectivity index (χ4n) is 1.76. The van der Waals surface area contributed by atoms with Crippen LogP contribution < -0.4 is 0 Å². The molecule has 0 bridgehead atoms. The van der Waals surface area contributed by atoms with Crippen molar-refractivity contribution < 1.29 is 29.1 Å². The lowest BCUT2D eigenvalue weighted by molar-refractivity contribution is -0.197. The molecule has 3 amide bonds. The molecule has 2 aliphatic heterocycles. The van der Waals surface area contributed by atoms with E-state index in [-0.39, 0.29) is 25.8 Å². The number of amides is 3. The highest BCUT2D eigenvalue weighted by atomic mass is 16.7. The van der Waals surface area contributed by atoms with Gasteiger partial charge in [0.1, 0.15) is 6.23 Å². The molecule has 8 nitrogen and oxygen atoms in total. The minimum absolute atomic E-state index is 0.0271. The van der Waals surface area contributed by atoms with E-state index in [0.29, 0.717) is 5.06 Å². The molecule has 19 heavy (non-hydrogen) atoms. The molecular weight excluding hydrogens is 256 g/mol. The van der Waals surface area contributed by atoms with E-state index in [1.165, 1.54) is 12.2 Å². The number of aliphatic hydroxyl groups is 1. The predicted molar refractivity (Wildman–Crippen MR) is 58.7 cm³/mol. The number of hydrogen-bond acceptors (Lipinski definition) is 6. The third kappa shape index (κ3) is 2.79. The van der Waals surface area contributed by atoms with Gasteiger partial charge in [0, 0.05) is 25.5 Å². The van der Waals surface area contributed by atoms with Gasteiger partial charge in [-0.25, -0.2) is 4.79 Å². The molecule has 2 aliphatic rings. The minimum atomic E-state index is -1.06. The summed E-state index contributed by atoms with van der Waals surface area (Å²) >= 11 is 0. The maximum Gasteiger partial charge on any atom is 0.334 e. The normalized spacial score (nSPS) is 22.6. The summed E-state index contributed by atoms with van der Waals surface area (Å²) < 4.78 is 0. The van der Waals surface area contributed by atoms with Gasteiger partial charge in [0.05, 0.1) is 6.42 Å². The monoisotopic (exact) mass is 268 g/mol. The summed E-state index contributed by atoms with van der Waals surface area (Å²) in [5.41, 5.74) is 0. The second-order valence-electron chi connectivity index (χ2n) is 4.10. The van der Waals surface area contributed by atoms with Gasteiger partial charge in [0.25, 0.3) is 11.8 Å². The first-order valence-electron chi connectivity index (χ1n) is 5.72. The minimum Gasteiger partial charge on any atom is -0.370 e. The van der Waals surface area contributed by atoms with E-state index >= 15 is 0 Å². The van der Waals surface area contributed by atoms with E-state index < -0.39 is 29.9 Å². The maximum absolute atomic E-state index is 11.5. The number of aliphatic hydroxyl groups excluding tert-OH is 1. The summed E-state index contributed by atoms with van der Waals surface area (Å²) in [6, 6.07) is 0. The molecule has 2 heterocycles. The number of carbonyl (C=O) groups is 4. The van der Waals surface area contributed by atoms with E-state index in [1.54, 1.807) is 0 Å². The molecule has 0 saturated carbocycles. The lowest BCUT2D eigenvalue weighted by atomic mass is 10.4. The number of rotatable bonds is 4. The second-order valence-corrected chi connectivity index (χ2v) is 4.10. The molecule has 2 rings (SSSR count). The predicted octanol–water partition coefficient (Wildman–Crippen LogP) is -1.30. The van der Waals surface area contributed by atoms with Gasteiger partial charge in [0.15, 0.2) is 0 Å². The van der Waals surface area contributed by atoms with Crippen LogP contribution >= 0.6 is 0 Å². The van der Waals surface area contributed by atoms with Crippen molar-refractivity contribution in [3.05, 3.63) is 12.2 Å². The number of hydrogen-bond donors (Lipinski definition) is 1. The summed E-state index contributed by atoms with van der Waals surface area (Å²) in [6.07, 6.45) is 1.26. The number of hydroxylamine groups is 2. The van der Waals surface area contributed by atoms with Gasteiger partial charge in [-0.05, 0) is 6.08 Å². The molecule has 1 saturated heterocycles. The van der Waals surface area contributed by atoms with E-state index in [2.05, 4.69) is 4.84 Å². The topological polar surface area (TPSA) is 104 Å². The SMILES string of the molecule is O=C(CCN1C(=O)C=CC1O)ON1C(=O)CCC1=O. The Morgan fingerprint density at radius 3 is 2.47 bits per heavy atom. The fourth-order valence-corrected chi connectivity index (χ4v) is 1.76. The quantitative estimate of drug-likeness (QED) is 0.635. The fraction of sp³-hybridized carbons (Fsp3) is 0.455. The molecule has 8 heteroatoms. The van der Waals surface area contributed by atoms with Crippen molar-refractivity contribution in [2.75, 3.05) is 6.54 Å². The second kappa shape index (κ2) is 5.19. The molecule has 0 radical (unpaired) electrons. The Morgan fingerprint density at radius 2 is 1.95 bits per heavy atom. The van der Waals surface area contributed by atoms with Crippen LogP contribution in [0.25, 0.3) is 0 Å². The van der Waals surface area contributed by atoms with Crippen molar-refractivity contribution in [3.63, 3.8) is 0 Å². The third-order valence-electron chi connectivity index (χ3n) is 2.77. The van der Waals surface area contributed by atoms with Gasteiger partial charge in [-0.15, -0.1) is 5.06 Å². The first-order chi connectivity index (χ1) is 8.99. The highest BCUT2D eigenvalue weighted by Crippen LogP contribution is 2.13. The molecule has 0 aromatic rings. The summed E-state index contributed by atoms with van der Waals surface area (Å²) in [5.74, 6) is -2.33. The molecule has 0 aromatic carbocycles. The van der Waals surface area contributed by atoms with Crippen LogP contribution in [0.1, 0.15) is 19.3 Å². The molecule has 0 aromatic heterocycles. The van der Waals surface area contributed by atoms with Crippen molar-refractivity contribution in [1.82, 2.24) is 9.96 Å². The molecule has 1 unspecified atom stereocenters. The third-order valence-corrected chi connectivity index (χ3v) is 2.77. The van der Waals surface area contributed by atoms with Crippen molar-refractivity contribution in [3.8, 4) is 0 Å². The average Bonchev–Trinajstić information content (AvgIpc) is 2.84. The molecule has 1 N–H and O–H groups in total. The molecule has 0 aliphatic carbocycles. The zero-order valence-corrected chi connectivity index (χ0v) is 9.94. The van der Waals surface area contributed by atoms with Crippen molar-refractivity contribution >= 4 is 23.7 Å². The summed E-state index contributed by atoms with van der Waals surface area (Å²) in [6.45, 7) is -0.0535. The Bertz CT molecular complexity index is 456. The maximum atomic E-state index is 11.5. The first kappa shape index (κ1) is 13.2. The highest BCUT2D eigenvalue weighted by molar-refractivity contribution is 6.01. The average molecular weight is 268 g/mol. The lowest BCUT2D eigenvalue weighted by Crippen LogP contribution is -2.37. The number of imide groups is 1. The van der Waals surface area contributed by atoms with Crippen LogP contribution in [-0.2, 0) is 24.0 Å². The number of nitrogens with zero attached hydrogens (tertiary/aromatic N) is 2. The van der Waals surface area contributed by atoms with Gasteiger partial charge >= 0.3 is 5.97 Å². The van der Waals surface area contributed by atoms with Gasteiger partial charge in [0.2, 0.25) is 5.91 Å². The van der Waals surface area contributed by atoms with E-state index in [4.69, 9.17) is 0 Å². The van der Waals surface area contributed by atoms with Crippen LogP contribution in [0, 0.1) is 0 Å². The van der Waals surface area contributed by atoms with E-state index in [0.717, 1.165) is 4.90 Å². The standard InChI is InChI=1S/C11H12N2O6/c14-7-1-2-8(15)12(7)6-5-11(18)19-13-9(16)3-4-10(13)17/h1-2,7,14H,3-6H2. The first-order valence-corrected chi connectivity index (χ1v) is 5.72. The number of carbonyl (C=O) groups excluding carboxylic acids is 4. The lowest BCUT2D eigenvalue weighted by Gasteiger charge is -2.20. The molecular formula is C11H12N2O6. The summed E-state index contributed by atoms with van der Waals surface area (Å²) in [4.78, 5) is 50.8. The Kier molecular flexibility index (Phi) is 3.61. The Balaban J connectivity index is 1.81. The van der Waals surface area contributed by atoms with Crippen LogP contribution in [0.15, 0.2) is 12.2 Å². The molecule has 1 atom stereocenters. The highest BCUT2D eigenvalue weighted by Gasteiger charge is 2.33. The van der Waals surface area contributed by atoms with Crippen molar-refractivity contribution in [2.45, 2.75) is 25.5 Å². The summed E-state index contributed by atoms with van der Waals surface area (Å²) in [5, 5.41) is 9.84. The van der Waals surface area contributed by atoms with Crippen LogP contribution in [0.2, 0.25) is 0 Å². The molecule has 1 fully saturated rings. The smallest absolute Gasteiger partial charge is 0.334 e. The van der Waals surface area contributed by atoms with Crippen LogP contribution in [0.3, 0.4) is 0 Å². The van der Waals surface area contributed by atoms with Gasteiger partial charge in [-0.2, -0.15) is 0 Å². The Morgan fingerprint density at radius 1 is 1.32 bits per heavy atom. The van der Waals surface area contributed by atoms with E-state index in [1.807, 2.05) is 0 Å². The summed E-state index contributed by atoms with van der Waals surface area (Å²) in [7, 11) is 0. The van der Waals surface area contributed by atoms with Crippen molar-refractivity contribution in [2.24, 2.45) is 0 Å². The van der Waals surface area contributed by atoms with Crippen LogP contribution in [0.5, 0.6) is 0 Å². The van der Waals surface area contributed by atoms with Gasteiger partial charge in [-0.3, -0.25) is 14.4 Å². The van der Waals surface area contributed by atoms with Gasteiger partial charge in [-0.1, -0.05) is 0 Å². The largest absolute Gasteiger partial charge is 0.370 e. The Hall–Kier alpha value is -2.22. The van der Waals surface area contributed by atoms with Crippen molar-refractivity contribution in [1.29, 1.82) is 0 Å². The van der Waals surface area contributed by atoms with Crippen LogP contribution in [-0.4, -0.2) is 51.5 Å². The Labute approximate surface area is 108 Å². The van der Waals surface area contributed by atoms with Gasteiger partial charge < -0.3 is 14.8 Å².